The van der Waals surface area contributed by atoms with Crippen LogP contribution in [0.15, 0.2) is 53.3 Å². The molecular weight excluding hydrogens is 566 g/mol. The van der Waals surface area contributed by atoms with E-state index in [9.17, 15) is 19.2 Å². The van der Waals surface area contributed by atoms with Crippen molar-refractivity contribution >= 4 is 17.7 Å². The Hall–Kier alpha value is -4.87. The maximum atomic E-state index is 13.3. The minimum absolute atomic E-state index is 0.0708. The summed E-state index contributed by atoms with van der Waals surface area (Å²) in [5.74, 6) is 0.736. The third kappa shape index (κ3) is 7.55. The first-order chi connectivity index (χ1) is 21.2. The van der Waals surface area contributed by atoms with Gasteiger partial charge in [-0.15, -0.1) is 0 Å². The number of piperidine rings is 1. The molecule has 44 heavy (non-hydrogen) atoms. The number of amides is 3. The number of rotatable bonds is 3. The van der Waals surface area contributed by atoms with E-state index in [0.717, 1.165) is 11.1 Å². The second kappa shape index (κ2) is 13.6. The van der Waals surface area contributed by atoms with Gasteiger partial charge in [0.1, 0.15) is 18.4 Å². The highest BCUT2D eigenvalue weighted by molar-refractivity contribution is 5.79. The molecule has 232 valence electrons. The molecule has 0 spiro atoms. The van der Waals surface area contributed by atoms with Crippen molar-refractivity contribution in [2.75, 3.05) is 26.8 Å². The molecule has 4 bridgehead atoms. The van der Waals surface area contributed by atoms with Crippen LogP contribution in [0.25, 0.3) is 0 Å². The predicted octanol–water partition coefficient (Wildman–Crippen LogP) is 1.67. The SMILES string of the molecule is COc1cc2ccc1OCC(=O)N[C@@H]1CN(C(=O)Cn3c(C)cc(C)nc3=O)CC[C@H]1Oc1ccc(cc1)CNC(=O)CC2. The van der Waals surface area contributed by atoms with Gasteiger partial charge in [0.15, 0.2) is 18.1 Å². The van der Waals surface area contributed by atoms with Crippen LogP contribution >= 0.6 is 0 Å². The van der Waals surface area contributed by atoms with Gasteiger partial charge in [-0.2, -0.15) is 4.98 Å². The number of carbonyl (C=O) groups is 3. The smallest absolute Gasteiger partial charge is 0.348 e. The summed E-state index contributed by atoms with van der Waals surface area (Å²) in [7, 11) is 1.51. The third-order valence-electron chi connectivity index (χ3n) is 7.82. The summed E-state index contributed by atoms with van der Waals surface area (Å²) in [4.78, 5) is 57.0. The number of hydrogen-bond donors (Lipinski definition) is 2. The van der Waals surface area contributed by atoms with Crippen LogP contribution in [-0.4, -0.2) is 71.1 Å². The van der Waals surface area contributed by atoms with Crippen molar-refractivity contribution in [1.82, 2.24) is 25.1 Å². The summed E-state index contributed by atoms with van der Waals surface area (Å²) in [6, 6.07) is 14.0. The van der Waals surface area contributed by atoms with Gasteiger partial charge >= 0.3 is 5.69 Å². The molecule has 3 amide bonds. The highest BCUT2D eigenvalue weighted by Gasteiger charge is 2.34. The molecule has 1 fully saturated rings. The summed E-state index contributed by atoms with van der Waals surface area (Å²) in [5.41, 5.74) is 2.58. The molecule has 2 aromatic carbocycles. The van der Waals surface area contributed by atoms with Crippen molar-refractivity contribution < 1.29 is 28.6 Å². The number of likely N-dealkylation sites (tertiary alicyclic amines) is 1. The van der Waals surface area contributed by atoms with Gasteiger partial charge < -0.3 is 29.7 Å². The van der Waals surface area contributed by atoms with Gasteiger partial charge in [0.05, 0.1) is 13.2 Å². The van der Waals surface area contributed by atoms with E-state index < -0.39 is 17.8 Å². The zero-order valence-electron chi connectivity index (χ0n) is 25.1. The molecule has 5 aliphatic rings. The molecular formula is C32H37N5O7. The van der Waals surface area contributed by atoms with E-state index in [1.807, 2.05) is 30.3 Å². The Morgan fingerprint density at radius 2 is 1.80 bits per heavy atom. The Morgan fingerprint density at radius 1 is 1.02 bits per heavy atom. The Labute approximate surface area is 255 Å². The first kappa shape index (κ1) is 30.6. The Balaban J connectivity index is 1.36. The van der Waals surface area contributed by atoms with Crippen molar-refractivity contribution in [3.63, 3.8) is 0 Å². The molecule has 8 rings (SSSR count). The minimum Gasteiger partial charge on any atom is -0.493 e. The molecule has 0 aliphatic carbocycles. The lowest BCUT2D eigenvalue weighted by molar-refractivity contribution is -0.136. The fourth-order valence-electron chi connectivity index (χ4n) is 5.42. The Morgan fingerprint density at radius 3 is 2.55 bits per heavy atom. The maximum absolute atomic E-state index is 13.3. The quantitative estimate of drug-likeness (QED) is 0.461. The molecule has 6 heterocycles. The second-order valence-electron chi connectivity index (χ2n) is 11.1. The number of aryl methyl sites for hydroxylation is 3. The Kier molecular flexibility index (Phi) is 9.47. The van der Waals surface area contributed by atoms with Crippen LogP contribution in [0.4, 0.5) is 0 Å². The average Bonchev–Trinajstić information content (AvgIpc) is 3.00. The standard InChI is InChI=1S/C32H37N5O7/c1-20-14-21(2)37(32(41)34-20)18-31(40)36-13-12-26-25(17-36)35-30(39)19-43-27-10-6-22(15-28(27)42-3)7-11-29(38)33-16-23-4-8-24(44-26)9-5-23/h4-6,8-10,14-15,25-26H,7,11-13,16-19H2,1-3H3,(H,33,38)(H,35,39)/t25-,26-/m1/s1. The predicted molar refractivity (Wildman–Crippen MR) is 161 cm³/mol. The monoisotopic (exact) mass is 603 g/mol. The topological polar surface area (TPSA) is 141 Å². The molecule has 2 N–H and O–H groups in total. The summed E-state index contributed by atoms with van der Waals surface area (Å²) in [5, 5.41) is 5.94. The van der Waals surface area contributed by atoms with Crippen LogP contribution in [0.1, 0.15) is 35.4 Å². The van der Waals surface area contributed by atoms with Crippen LogP contribution < -0.4 is 30.5 Å². The lowest BCUT2D eigenvalue weighted by Gasteiger charge is -2.39. The number of benzene rings is 2. The lowest BCUT2D eigenvalue weighted by atomic mass is 10.0. The van der Waals surface area contributed by atoms with E-state index in [1.54, 1.807) is 36.9 Å². The van der Waals surface area contributed by atoms with Crippen molar-refractivity contribution in [2.24, 2.45) is 0 Å². The molecule has 0 unspecified atom stereocenters. The van der Waals surface area contributed by atoms with Crippen LogP contribution in [-0.2, 0) is 33.9 Å². The number of carbonyl (C=O) groups excluding carboxylic acids is 3. The summed E-state index contributed by atoms with van der Waals surface area (Å²) in [6.45, 7) is 4.01. The molecule has 3 aromatic rings. The van der Waals surface area contributed by atoms with Crippen molar-refractivity contribution in [2.45, 2.75) is 58.3 Å². The van der Waals surface area contributed by atoms with Crippen molar-refractivity contribution in [3.8, 4) is 17.2 Å². The fourth-order valence-corrected chi connectivity index (χ4v) is 5.42. The van der Waals surface area contributed by atoms with E-state index in [-0.39, 0.29) is 37.4 Å². The molecule has 12 heteroatoms. The summed E-state index contributed by atoms with van der Waals surface area (Å²) in [6.07, 6.45) is 0.847. The molecule has 0 saturated carbocycles. The average molecular weight is 604 g/mol. The minimum atomic E-state index is -0.549. The van der Waals surface area contributed by atoms with Gasteiger partial charge in [-0.05, 0) is 61.7 Å². The Bertz CT molecular complexity index is 1590. The van der Waals surface area contributed by atoms with Gasteiger partial charge in [-0.25, -0.2) is 4.79 Å². The van der Waals surface area contributed by atoms with Crippen LogP contribution in [0, 0.1) is 13.8 Å². The first-order valence-corrected chi connectivity index (χ1v) is 14.6. The lowest BCUT2D eigenvalue weighted by Crippen LogP contribution is -2.59. The number of methoxy groups -OCH3 is 1. The van der Waals surface area contributed by atoms with Crippen molar-refractivity contribution in [1.29, 1.82) is 0 Å². The number of nitrogens with zero attached hydrogens (tertiary/aromatic N) is 3. The van der Waals surface area contributed by atoms with E-state index in [4.69, 9.17) is 14.2 Å². The number of aromatic nitrogens is 2. The molecule has 2 atom stereocenters. The zero-order chi connectivity index (χ0) is 31.2. The normalized spacial score (nSPS) is 19.2. The fraction of sp³-hybridized carbons (Fsp3) is 0.406. The number of nitrogens with one attached hydrogen (secondary N) is 2. The van der Waals surface area contributed by atoms with Gasteiger partial charge in [-0.1, -0.05) is 18.2 Å². The highest BCUT2D eigenvalue weighted by Crippen LogP contribution is 2.29. The molecule has 1 saturated heterocycles. The van der Waals surface area contributed by atoms with E-state index in [0.29, 0.717) is 61.0 Å². The highest BCUT2D eigenvalue weighted by atomic mass is 16.5. The maximum Gasteiger partial charge on any atom is 0.348 e. The molecule has 1 aromatic heterocycles. The zero-order valence-corrected chi connectivity index (χ0v) is 25.1. The number of hydrogen-bond acceptors (Lipinski definition) is 8. The van der Waals surface area contributed by atoms with Crippen molar-refractivity contribution in [3.05, 3.63) is 81.5 Å². The van der Waals surface area contributed by atoms with Crippen LogP contribution in [0.3, 0.4) is 0 Å². The third-order valence-corrected chi connectivity index (χ3v) is 7.82. The van der Waals surface area contributed by atoms with E-state index >= 15 is 0 Å². The van der Waals surface area contributed by atoms with Gasteiger partial charge in [0, 0.05) is 43.9 Å². The van der Waals surface area contributed by atoms with Gasteiger partial charge in [0.2, 0.25) is 11.8 Å². The van der Waals surface area contributed by atoms with E-state index in [2.05, 4.69) is 15.6 Å². The largest absolute Gasteiger partial charge is 0.493 e. The van der Waals surface area contributed by atoms with Gasteiger partial charge in [-0.3, -0.25) is 19.0 Å². The molecule has 12 nitrogen and oxygen atoms in total. The first-order valence-electron chi connectivity index (χ1n) is 14.6. The van der Waals surface area contributed by atoms with Crippen LogP contribution in [0.5, 0.6) is 17.2 Å². The number of ether oxygens (including phenoxy) is 3. The molecule has 5 aliphatic heterocycles. The molecule has 0 radical (unpaired) electrons. The summed E-state index contributed by atoms with van der Waals surface area (Å²) >= 11 is 0. The summed E-state index contributed by atoms with van der Waals surface area (Å²) < 4.78 is 18.9. The van der Waals surface area contributed by atoms with Crippen LogP contribution in [0.2, 0.25) is 0 Å². The second-order valence-corrected chi connectivity index (χ2v) is 11.1. The van der Waals surface area contributed by atoms with E-state index in [1.165, 1.54) is 11.7 Å². The van der Waals surface area contributed by atoms with Gasteiger partial charge in [0.25, 0.3) is 5.91 Å².